The molecular weight excluding hydrogens is 532 g/mol. The monoisotopic (exact) mass is 562 g/mol. The van der Waals surface area contributed by atoms with Crippen LogP contribution in [0.1, 0.15) is 0 Å². The number of carbonyl (C=O) groups excluding carboxylic acids is 2. The molecule has 4 aromatic rings. The minimum absolute atomic E-state index is 0.505. The van der Waals surface area contributed by atoms with Crippen molar-refractivity contribution in [3.05, 3.63) is 109 Å². The average molecular weight is 563 g/mol. The summed E-state index contributed by atoms with van der Waals surface area (Å²) in [4.78, 5) is 55.4. The molecule has 0 bridgehead atoms. The van der Waals surface area contributed by atoms with Gasteiger partial charge in [0.2, 0.25) is 11.8 Å². The molecule has 0 aromatic heterocycles. The summed E-state index contributed by atoms with van der Waals surface area (Å²) in [6, 6.07) is 33.0. The van der Waals surface area contributed by atoms with Gasteiger partial charge >= 0.3 is 11.9 Å². The third-order valence-electron chi connectivity index (χ3n) is 8.05. The third-order valence-corrected chi connectivity index (χ3v) is 8.05. The largest absolute Gasteiger partial charge is 0.481 e. The van der Waals surface area contributed by atoms with Crippen molar-refractivity contribution < 1.29 is 29.4 Å². The van der Waals surface area contributed by atoms with Gasteiger partial charge in [0.05, 0.1) is 35.0 Å². The van der Waals surface area contributed by atoms with Crippen LogP contribution in [0.5, 0.6) is 0 Å². The van der Waals surface area contributed by atoms with Gasteiger partial charge in [-0.05, 0) is 23.3 Å². The molecule has 0 heterocycles. The van der Waals surface area contributed by atoms with Crippen LogP contribution in [-0.4, -0.2) is 48.1 Å². The molecule has 0 unspecified atom stereocenters. The Bertz CT molecular complexity index is 1510. The van der Waals surface area contributed by atoms with E-state index >= 15 is 0 Å². The zero-order valence-electron chi connectivity index (χ0n) is 23.1. The highest BCUT2D eigenvalue weighted by Gasteiger charge is 2.64. The van der Waals surface area contributed by atoms with E-state index in [0.29, 0.717) is 11.4 Å². The minimum Gasteiger partial charge on any atom is -0.481 e. The van der Waals surface area contributed by atoms with Crippen LogP contribution in [0.3, 0.4) is 0 Å². The average Bonchev–Trinajstić information content (AvgIpc) is 3.00. The zero-order chi connectivity index (χ0) is 30.0. The van der Waals surface area contributed by atoms with E-state index in [2.05, 4.69) is 0 Å². The van der Waals surface area contributed by atoms with Gasteiger partial charge in [0, 0.05) is 25.2 Å². The van der Waals surface area contributed by atoms with Gasteiger partial charge < -0.3 is 20.0 Å². The number of anilines is 2. The fraction of sp³-hybridized carbons (Fsp3) is 0.176. The number of benzene rings is 4. The maximum Gasteiger partial charge on any atom is 0.308 e. The normalized spacial score (nSPS) is 19.3. The first-order chi connectivity index (χ1) is 20.2. The lowest BCUT2D eigenvalue weighted by Crippen LogP contribution is -2.64. The van der Waals surface area contributed by atoms with Crippen molar-refractivity contribution in [2.45, 2.75) is 0 Å². The number of carbonyl (C=O) groups is 4. The van der Waals surface area contributed by atoms with Gasteiger partial charge in [-0.15, -0.1) is 0 Å². The molecule has 1 aliphatic carbocycles. The van der Waals surface area contributed by atoms with Crippen LogP contribution in [0.25, 0.3) is 22.3 Å². The highest BCUT2D eigenvalue weighted by Crippen LogP contribution is 2.50. The van der Waals surface area contributed by atoms with E-state index in [4.69, 9.17) is 0 Å². The van der Waals surface area contributed by atoms with Crippen LogP contribution in [0.15, 0.2) is 109 Å². The van der Waals surface area contributed by atoms with Crippen molar-refractivity contribution in [2.24, 2.45) is 23.7 Å². The molecule has 4 aromatic carbocycles. The number of aliphatic carboxylic acids is 2. The highest BCUT2D eigenvalue weighted by molar-refractivity contribution is 6.09. The topological polar surface area (TPSA) is 115 Å². The van der Waals surface area contributed by atoms with Crippen LogP contribution in [-0.2, 0) is 19.2 Å². The van der Waals surface area contributed by atoms with E-state index in [1.165, 1.54) is 23.9 Å². The molecule has 1 aliphatic rings. The standard InChI is InChI=1S/C34H30N2O6/c1-35(25-19-11-9-17-23(25)21-13-5-3-6-14-21)31(37)27-29(33(39)40)28(30(27)34(41)42)32(38)36(2)26-20-12-10-18-24(26)22-15-7-4-8-16-22/h3-20,27-30H,1-2H3,(H,39,40)(H,41,42)/t27-,28-,29-,30-. The first-order valence-corrected chi connectivity index (χ1v) is 13.5. The second kappa shape index (κ2) is 11.7. The number of carboxylic acids is 2. The van der Waals surface area contributed by atoms with E-state index in [1.54, 1.807) is 24.3 Å². The van der Waals surface area contributed by atoms with Crippen LogP contribution < -0.4 is 9.80 Å². The quantitative estimate of drug-likeness (QED) is 0.301. The van der Waals surface area contributed by atoms with Gasteiger partial charge in [-0.1, -0.05) is 97.1 Å². The predicted molar refractivity (Wildman–Crippen MR) is 160 cm³/mol. The van der Waals surface area contributed by atoms with E-state index < -0.39 is 47.4 Å². The van der Waals surface area contributed by atoms with E-state index in [9.17, 15) is 29.4 Å². The molecule has 2 N–H and O–H groups in total. The molecule has 0 radical (unpaired) electrons. The maximum absolute atomic E-state index is 13.9. The van der Waals surface area contributed by atoms with Crippen molar-refractivity contribution in [1.82, 2.24) is 0 Å². The van der Waals surface area contributed by atoms with Crippen molar-refractivity contribution in [1.29, 1.82) is 0 Å². The Morgan fingerprint density at radius 1 is 0.476 bits per heavy atom. The summed E-state index contributed by atoms with van der Waals surface area (Å²) in [6.45, 7) is 0. The Morgan fingerprint density at radius 2 is 0.786 bits per heavy atom. The van der Waals surface area contributed by atoms with E-state index in [-0.39, 0.29) is 0 Å². The molecule has 5 rings (SSSR count). The number of hydrogen-bond donors (Lipinski definition) is 2. The summed E-state index contributed by atoms with van der Waals surface area (Å²) in [7, 11) is 3.00. The zero-order valence-corrected chi connectivity index (χ0v) is 23.1. The second-order valence-corrected chi connectivity index (χ2v) is 10.3. The van der Waals surface area contributed by atoms with Crippen molar-refractivity contribution in [3.8, 4) is 22.3 Å². The fourth-order valence-corrected chi connectivity index (χ4v) is 5.92. The SMILES string of the molecule is CN(c1ccccc1-c1ccccc1)C(=O)[C@H]1[C@H](C(=O)O)[C@H](C(=O)N(C)c2ccccc2-c2ccccc2)[C@H]1C(=O)O. The Kier molecular flexibility index (Phi) is 7.88. The number of amides is 2. The summed E-state index contributed by atoms with van der Waals surface area (Å²) in [5, 5.41) is 20.4. The Balaban J connectivity index is 1.48. The summed E-state index contributed by atoms with van der Waals surface area (Å²) < 4.78 is 0. The molecule has 0 aliphatic heterocycles. The Morgan fingerprint density at radius 3 is 1.12 bits per heavy atom. The molecule has 8 nitrogen and oxygen atoms in total. The smallest absolute Gasteiger partial charge is 0.308 e. The summed E-state index contributed by atoms with van der Waals surface area (Å²) >= 11 is 0. The minimum atomic E-state index is -1.51. The van der Waals surface area contributed by atoms with Gasteiger partial charge in [0.25, 0.3) is 0 Å². The van der Waals surface area contributed by atoms with Gasteiger partial charge in [-0.2, -0.15) is 0 Å². The van der Waals surface area contributed by atoms with Gasteiger partial charge in [-0.3, -0.25) is 19.2 Å². The molecule has 8 heteroatoms. The predicted octanol–water partition coefficient (Wildman–Crippen LogP) is 5.29. The molecular formula is C34H30N2O6. The number of para-hydroxylation sites is 2. The Hall–Kier alpha value is -5.24. The number of carboxylic acid groups (broad SMARTS) is 2. The summed E-state index contributed by atoms with van der Waals surface area (Å²) in [5.74, 6) is -10.0. The highest BCUT2D eigenvalue weighted by atomic mass is 16.4. The molecule has 0 atom stereocenters. The lowest BCUT2D eigenvalue weighted by Gasteiger charge is -2.47. The van der Waals surface area contributed by atoms with Crippen LogP contribution in [0, 0.1) is 23.7 Å². The van der Waals surface area contributed by atoms with Crippen LogP contribution in [0.4, 0.5) is 11.4 Å². The number of hydrogen-bond acceptors (Lipinski definition) is 4. The third kappa shape index (κ3) is 5.03. The van der Waals surface area contributed by atoms with Crippen LogP contribution >= 0.6 is 0 Å². The first kappa shape index (κ1) is 28.3. The van der Waals surface area contributed by atoms with Crippen molar-refractivity contribution >= 4 is 35.1 Å². The van der Waals surface area contributed by atoms with Crippen molar-refractivity contribution in [3.63, 3.8) is 0 Å². The fourth-order valence-electron chi connectivity index (χ4n) is 5.92. The Labute approximate surface area is 243 Å². The maximum atomic E-state index is 13.9. The van der Waals surface area contributed by atoms with E-state index in [1.807, 2.05) is 84.9 Å². The summed E-state index contributed by atoms with van der Waals surface area (Å²) in [5.41, 5.74) is 4.17. The molecule has 42 heavy (non-hydrogen) atoms. The van der Waals surface area contributed by atoms with Crippen molar-refractivity contribution in [2.75, 3.05) is 23.9 Å². The molecule has 0 saturated heterocycles. The first-order valence-electron chi connectivity index (χ1n) is 13.5. The molecule has 0 spiro atoms. The second-order valence-electron chi connectivity index (χ2n) is 10.3. The summed E-state index contributed by atoms with van der Waals surface area (Å²) in [6.07, 6.45) is 0. The number of nitrogens with zero attached hydrogens (tertiary/aromatic N) is 2. The van der Waals surface area contributed by atoms with E-state index in [0.717, 1.165) is 22.3 Å². The van der Waals surface area contributed by atoms with Gasteiger partial charge in [0.15, 0.2) is 0 Å². The van der Waals surface area contributed by atoms with Crippen LogP contribution in [0.2, 0.25) is 0 Å². The molecule has 2 amide bonds. The molecule has 1 saturated carbocycles. The lowest BCUT2D eigenvalue weighted by molar-refractivity contribution is -0.179. The number of rotatable bonds is 8. The lowest BCUT2D eigenvalue weighted by atomic mass is 9.55. The molecule has 1 fully saturated rings. The molecule has 212 valence electrons. The van der Waals surface area contributed by atoms with Gasteiger partial charge in [-0.25, -0.2) is 0 Å². The van der Waals surface area contributed by atoms with Gasteiger partial charge in [0.1, 0.15) is 0 Å².